The molecular weight excluding hydrogens is 240 g/mol. The summed E-state index contributed by atoms with van der Waals surface area (Å²) in [4.78, 5) is 14.9. The molecule has 0 amide bonds. The first kappa shape index (κ1) is 11.6. The number of hydrogen-bond donors (Lipinski definition) is 2. The molecule has 2 rings (SSSR count). The van der Waals surface area contributed by atoms with Crippen molar-refractivity contribution in [2.45, 2.75) is 13.8 Å². The Balaban J connectivity index is 2.41. The summed E-state index contributed by atoms with van der Waals surface area (Å²) in [6.45, 7) is 3.64. The van der Waals surface area contributed by atoms with Crippen molar-refractivity contribution >= 4 is 23.1 Å². The molecule has 1 heterocycles. The second-order valence-corrected chi connectivity index (χ2v) is 4.02. The molecule has 1 aromatic heterocycles. The van der Waals surface area contributed by atoms with Gasteiger partial charge in [-0.05, 0) is 31.5 Å². The van der Waals surface area contributed by atoms with Gasteiger partial charge >= 0.3 is 5.69 Å². The van der Waals surface area contributed by atoms with Crippen LogP contribution in [0.15, 0.2) is 23.0 Å². The third-order valence-corrected chi connectivity index (χ3v) is 2.81. The number of H-pyrrole nitrogens is 1. The van der Waals surface area contributed by atoms with Crippen LogP contribution in [-0.4, -0.2) is 15.2 Å². The van der Waals surface area contributed by atoms with Gasteiger partial charge in [-0.15, -0.1) is 0 Å². The van der Waals surface area contributed by atoms with E-state index in [0.717, 1.165) is 11.3 Å². The van der Waals surface area contributed by atoms with Gasteiger partial charge in [0, 0.05) is 10.7 Å². The Labute approximate surface area is 103 Å². The number of nitrogens with zero attached hydrogens (tertiary/aromatic N) is 2. The molecule has 0 aliphatic carbocycles. The molecule has 0 unspecified atom stereocenters. The van der Waals surface area contributed by atoms with Crippen molar-refractivity contribution < 1.29 is 0 Å². The molecule has 0 atom stereocenters. The minimum absolute atomic E-state index is 0.430. The SMILES string of the molecule is Cc1n[nH]c(=O)nc1Nc1cccc(Cl)c1C. The molecular formula is C11H11ClN4O. The Morgan fingerprint density at radius 2 is 2.12 bits per heavy atom. The summed E-state index contributed by atoms with van der Waals surface area (Å²) in [5, 5.41) is 9.80. The van der Waals surface area contributed by atoms with Gasteiger partial charge in [0.2, 0.25) is 0 Å². The van der Waals surface area contributed by atoms with Gasteiger partial charge in [-0.25, -0.2) is 9.89 Å². The summed E-state index contributed by atoms with van der Waals surface area (Å²) in [6.07, 6.45) is 0. The summed E-state index contributed by atoms with van der Waals surface area (Å²) in [7, 11) is 0. The van der Waals surface area contributed by atoms with Gasteiger partial charge in [0.05, 0.1) is 0 Å². The summed E-state index contributed by atoms with van der Waals surface area (Å²) >= 11 is 6.01. The standard InChI is InChI=1S/C11H11ClN4O/c1-6-8(12)4-3-5-9(6)13-10-7(2)15-16-11(17)14-10/h3-5H,1-2H3,(H2,13,14,16,17). The third-order valence-electron chi connectivity index (χ3n) is 2.40. The topological polar surface area (TPSA) is 70.7 Å². The number of benzene rings is 1. The van der Waals surface area contributed by atoms with E-state index in [9.17, 15) is 4.79 Å². The van der Waals surface area contributed by atoms with Crippen LogP contribution < -0.4 is 11.0 Å². The van der Waals surface area contributed by atoms with Gasteiger partial charge in [-0.1, -0.05) is 17.7 Å². The molecule has 2 aromatic rings. The van der Waals surface area contributed by atoms with E-state index in [2.05, 4.69) is 20.5 Å². The fourth-order valence-electron chi connectivity index (χ4n) is 1.38. The average Bonchev–Trinajstić information content (AvgIpc) is 2.30. The van der Waals surface area contributed by atoms with E-state index in [1.54, 1.807) is 13.0 Å². The second kappa shape index (κ2) is 4.55. The van der Waals surface area contributed by atoms with Crippen LogP contribution in [0.2, 0.25) is 5.02 Å². The van der Waals surface area contributed by atoms with Crippen molar-refractivity contribution in [2.24, 2.45) is 0 Å². The lowest BCUT2D eigenvalue weighted by molar-refractivity contribution is 0.884. The number of nitrogens with one attached hydrogen (secondary N) is 2. The number of aromatic amines is 1. The van der Waals surface area contributed by atoms with Gasteiger partial charge in [0.25, 0.3) is 0 Å². The van der Waals surface area contributed by atoms with Crippen LogP contribution in [0.5, 0.6) is 0 Å². The van der Waals surface area contributed by atoms with Crippen LogP contribution in [-0.2, 0) is 0 Å². The molecule has 0 aliphatic rings. The van der Waals surface area contributed by atoms with Crippen molar-refractivity contribution in [1.29, 1.82) is 0 Å². The summed E-state index contributed by atoms with van der Waals surface area (Å²) in [5.41, 5.74) is 1.83. The van der Waals surface area contributed by atoms with Crippen LogP contribution in [0.1, 0.15) is 11.3 Å². The highest BCUT2D eigenvalue weighted by atomic mass is 35.5. The first-order valence-electron chi connectivity index (χ1n) is 5.03. The smallest absolute Gasteiger partial charge is 0.338 e. The van der Waals surface area contributed by atoms with E-state index in [1.165, 1.54) is 0 Å². The quantitative estimate of drug-likeness (QED) is 0.857. The fraction of sp³-hybridized carbons (Fsp3) is 0.182. The molecule has 0 aliphatic heterocycles. The van der Waals surface area contributed by atoms with Crippen LogP contribution >= 0.6 is 11.6 Å². The number of anilines is 2. The average molecular weight is 251 g/mol. The van der Waals surface area contributed by atoms with Crippen molar-refractivity contribution in [2.75, 3.05) is 5.32 Å². The molecule has 2 N–H and O–H groups in total. The number of aryl methyl sites for hydroxylation is 1. The Morgan fingerprint density at radius 3 is 2.88 bits per heavy atom. The largest absolute Gasteiger partial charge is 0.363 e. The fourth-order valence-corrected chi connectivity index (χ4v) is 1.56. The predicted molar refractivity (Wildman–Crippen MR) is 66.9 cm³/mol. The number of halogens is 1. The molecule has 0 bridgehead atoms. The highest BCUT2D eigenvalue weighted by Crippen LogP contribution is 2.25. The molecule has 0 saturated heterocycles. The summed E-state index contributed by atoms with van der Waals surface area (Å²) in [6, 6.07) is 5.50. The molecule has 0 fully saturated rings. The van der Waals surface area contributed by atoms with Crippen LogP contribution in [0.4, 0.5) is 11.5 Å². The van der Waals surface area contributed by atoms with Gasteiger partial charge < -0.3 is 5.32 Å². The second-order valence-electron chi connectivity index (χ2n) is 3.61. The monoisotopic (exact) mass is 250 g/mol. The van der Waals surface area contributed by atoms with Crippen molar-refractivity contribution in [3.8, 4) is 0 Å². The Morgan fingerprint density at radius 1 is 1.35 bits per heavy atom. The number of rotatable bonds is 2. The van der Waals surface area contributed by atoms with Crippen molar-refractivity contribution in [1.82, 2.24) is 15.2 Å². The normalized spacial score (nSPS) is 10.3. The van der Waals surface area contributed by atoms with E-state index in [0.29, 0.717) is 16.5 Å². The summed E-state index contributed by atoms with van der Waals surface area (Å²) < 4.78 is 0. The zero-order chi connectivity index (χ0) is 12.4. The molecule has 0 spiro atoms. The minimum atomic E-state index is -0.488. The molecule has 88 valence electrons. The van der Waals surface area contributed by atoms with Crippen molar-refractivity contribution in [3.63, 3.8) is 0 Å². The van der Waals surface area contributed by atoms with Gasteiger partial charge in [0.1, 0.15) is 5.69 Å². The number of hydrogen-bond acceptors (Lipinski definition) is 4. The van der Waals surface area contributed by atoms with E-state index in [4.69, 9.17) is 11.6 Å². The highest BCUT2D eigenvalue weighted by molar-refractivity contribution is 6.31. The number of aromatic nitrogens is 3. The highest BCUT2D eigenvalue weighted by Gasteiger charge is 2.06. The lowest BCUT2D eigenvalue weighted by atomic mass is 10.2. The van der Waals surface area contributed by atoms with Crippen LogP contribution in [0.3, 0.4) is 0 Å². The third kappa shape index (κ3) is 2.45. The zero-order valence-corrected chi connectivity index (χ0v) is 10.2. The van der Waals surface area contributed by atoms with E-state index in [1.807, 2.05) is 19.1 Å². The maximum atomic E-state index is 11.1. The maximum absolute atomic E-state index is 11.1. The van der Waals surface area contributed by atoms with E-state index < -0.39 is 5.69 Å². The summed E-state index contributed by atoms with van der Waals surface area (Å²) in [5.74, 6) is 0.430. The van der Waals surface area contributed by atoms with Crippen LogP contribution in [0.25, 0.3) is 0 Å². The van der Waals surface area contributed by atoms with Gasteiger partial charge in [-0.2, -0.15) is 10.1 Å². The van der Waals surface area contributed by atoms with Crippen molar-refractivity contribution in [3.05, 3.63) is 45.0 Å². The lowest BCUT2D eigenvalue weighted by Gasteiger charge is -2.10. The lowest BCUT2D eigenvalue weighted by Crippen LogP contribution is -2.15. The molecule has 5 nitrogen and oxygen atoms in total. The molecule has 6 heteroatoms. The minimum Gasteiger partial charge on any atom is -0.338 e. The Kier molecular flexibility index (Phi) is 3.10. The van der Waals surface area contributed by atoms with E-state index in [-0.39, 0.29) is 0 Å². The Bertz CT molecular complexity index is 609. The Hall–Kier alpha value is -1.88. The predicted octanol–water partition coefficient (Wildman–Crippen LogP) is 2.18. The van der Waals surface area contributed by atoms with Gasteiger partial charge in [0.15, 0.2) is 5.82 Å². The van der Waals surface area contributed by atoms with Gasteiger partial charge in [-0.3, -0.25) is 0 Å². The van der Waals surface area contributed by atoms with Crippen LogP contribution in [0, 0.1) is 13.8 Å². The molecule has 0 saturated carbocycles. The molecule has 17 heavy (non-hydrogen) atoms. The van der Waals surface area contributed by atoms with E-state index >= 15 is 0 Å². The first-order chi connectivity index (χ1) is 8.08. The zero-order valence-electron chi connectivity index (χ0n) is 9.41. The molecule has 1 aromatic carbocycles. The maximum Gasteiger partial charge on any atom is 0.363 e. The first-order valence-corrected chi connectivity index (χ1v) is 5.41. The molecule has 0 radical (unpaired) electrons.